The van der Waals surface area contributed by atoms with Crippen LogP contribution in [0.25, 0.3) is 5.76 Å². The number of benzene rings is 2. The van der Waals surface area contributed by atoms with Gasteiger partial charge in [-0.15, -0.1) is 11.3 Å². The Kier molecular flexibility index (Phi) is 5.66. The van der Waals surface area contributed by atoms with E-state index in [9.17, 15) is 19.8 Å². The number of rotatable bonds is 4. The third-order valence-corrected chi connectivity index (χ3v) is 6.63. The molecule has 1 aromatic heterocycles. The van der Waals surface area contributed by atoms with E-state index in [0.717, 1.165) is 10.6 Å². The number of aromatic hydroxyl groups is 1. The molecule has 0 aliphatic carbocycles. The molecule has 164 valence electrons. The molecule has 2 N–H and O–H groups in total. The molecule has 1 saturated heterocycles. The third-order valence-electron chi connectivity index (χ3n) is 5.30. The summed E-state index contributed by atoms with van der Waals surface area (Å²) in [6.45, 7) is 3.69. The van der Waals surface area contributed by atoms with Crippen molar-refractivity contribution in [2.24, 2.45) is 0 Å². The zero-order valence-electron chi connectivity index (χ0n) is 17.4. The van der Waals surface area contributed by atoms with E-state index < -0.39 is 17.7 Å². The molecule has 1 amide bonds. The van der Waals surface area contributed by atoms with Gasteiger partial charge in [0.05, 0.1) is 24.4 Å². The summed E-state index contributed by atoms with van der Waals surface area (Å²) in [5.74, 6) is -1.88. The summed E-state index contributed by atoms with van der Waals surface area (Å²) in [6, 6.07) is 9.84. The van der Waals surface area contributed by atoms with Gasteiger partial charge in [0.15, 0.2) is 16.6 Å². The van der Waals surface area contributed by atoms with Crippen molar-refractivity contribution in [1.82, 2.24) is 4.98 Å². The summed E-state index contributed by atoms with van der Waals surface area (Å²) in [7, 11) is 1.40. The van der Waals surface area contributed by atoms with Crippen LogP contribution in [0.4, 0.5) is 5.13 Å². The Morgan fingerprint density at radius 1 is 1.16 bits per heavy atom. The van der Waals surface area contributed by atoms with E-state index in [1.54, 1.807) is 30.3 Å². The number of halogens is 1. The number of anilines is 1. The van der Waals surface area contributed by atoms with E-state index in [2.05, 4.69) is 4.98 Å². The summed E-state index contributed by atoms with van der Waals surface area (Å²) >= 11 is 7.23. The SMILES string of the molecule is COc1cc([C@H]2C(=C(O)c3ccc(Cl)cc3)C(=O)C(=O)N2c2nc(C)c(C)s2)ccc1O. The number of aromatic nitrogens is 1. The van der Waals surface area contributed by atoms with Crippen LogP contribution < -0.4 is 9.64 Å². The van der Waals surface area contributed by atoms with Gasteiger partial charge in [-0.2, -0.15) is 0 Å². The highest BCUT2D eigenvalue weighted by Crippen LogP contribution is 2.45. The first-order valence-electron chi connectivity index (χ1n) is 9.60. The zero-order chi connectivity index (χ0) is 23.2. The molecule has 2 heterocycles. The molecular weight excluding hydrogens is 452 g/mol. The molecular formula is C23H19ClN2O5S. The number of methoxy groups -OCH3 is 1. The lowest BCUT2D eigenvalue weighted by Crippen LogP contribution is -2.29. The van der Waals surface area contributed by atoms with E-state index in [1.807, 2.05) is 13.8 Å². The van der Waals surface area contributed by atoms with Crippen molar-refractivity contribution >= 4 is 45.5 Å². The number of nitrogens with zero attached hydrogens (tertiary/aromatic N) is 2. The Balaban J connectivity index is 1.97. The Morgan fingerprint density at radius 3 is 2.44 bits per heavy atom. The summed E-state index contributed by atoms with van der Waals surface area (Å²) in [5.41, 5.74) is 1.47. The van der Waals surface area contributed by atoms with Gasteiger partial charge in [0.1, 0.15) is 5.76 Å². The minimum Gasteiger partial charge on any atom is -0.507 e. The van der Waals surface area contributed by atoms with Crippen molar-refractivity contribution in [3.8, 4) is 11.5 Å². The molecule has 0 bridgehead atoms. The van der Waals surface area contributed by atoms with Crippen molar-refractivity contribution < 1.29 is 24.5 Å². The maximum Gasteiger partial charge on any atom is 0.301 e. The summed E-state index contributed by atoms with van der Waals surface area (Å²) < 4.78 is 5.21. The van der Waals surface area contributed by atoms with Crippen LogP contribution in [0.15, 0.2) is 48.0 Å². The normalized spacial score (nSPS) is 17.8. The Hall–Kier alpha value is -3.36. The molecule has 4 rings (SSSR count). The van der Waals surface area contributed by atoms with Crippen LogP contribution in [0.3, 0.4) is 0 Å². The Morgan fingerprint density at radius 2 is 1.84 bits per heavy atom. The van der Waals surface area contributed by atoms with Crippen molar-refractivity contribution in [2.75, 3.05) is 12.0 Å². The summed E-state index contributed by atoms with van der Waals surface area (Å²) in [4.78, 5) is 32.9. The fourth-order valence-electron chi connectivity index (χ4n) is 3.53. The van der Waals surface area contributed by atoms with Gasteiger partial charge < -0.3 is 14.9 Å². The summed E-state index contributed by atoms with van der Waals surface area (Å²) in [5, 5.41) is 21.9. The number of phenolic OH excluding ortho intramolecular Hbond substituents is 1. The number of ketones is 1. The molecule has 1 aliphatic rings. The van der Waals surface area contributed by atoms with Gasteiger partial charge in [-0.1, -0.05) is 17.7 Å². The average molecular weight is 471 g/mol. The predicted octanol–water partition coefficient (Wildman–Crippen LogP) is 4.75. The molecule has 0 saturated carbocycles. The number of phenols is 1. The second-order valence-electron chi connectivity index (χ2n) is 7.25. The van der Waals surface area contributed by atoms with Gasteiger partial charge in [-0.05, 0) is 55.8 Å². The van der Waals surface area contributed by atoms with Crippen LogP contribution in [0.2, 0.25) is 5.02 Å². The van der Waals surface area contributed by atoms with Crippen molar-refractivity contribution in [3.05, 3.63) is 74.8 Å². The molecule has 7 nitrogen and oxygen atoms in total. The van der Waals surface area contributed by atoms with Gasteiger partial charge in [-0.25, -0.2) is 4.98 Å². The number of thiazole rings is 1. The van der Waals surface area contributed by atoms with Crippen molar-refractivity contribution in [1.29, 1.82) is 0 Å². The highest BCUT2D eigenvalue weighted by atomic mass is 35.5. The smallest absolute Gasteiger partial charge is 0.301 e. The maximum absolute atomic E-state index is 13.1. The first-order chi connectivity index (χ1) is 15.2. The number of hydrogen-bond acceptors (Lipinski definition) is 7. The third kappa shape index (κ3) is 3.61. The molecule has 2 aromatic carbocycles. The van der Waals surface area contributed by atoms with Gasteiger partial charge in [0.25, 0.3) is 5.78 Å². The summed E-state index contributed by atoms with van der Waals surface area (Å²) in [6.07, 6.45) is 0. The zero-order valence-corrected chi connectivity index (χ0v) is 19.0. The molecule has 3 aromatic rings. The van der Waals surface area contributed by atoms with Gasteiger partial charge in [0, 0.05) is 15.5 Å². The predicted molar refractivity (Wildman–Crippen MR) is 122 cm³/mol. The van der Waals surface area contributed by atoms with Crippen LogP contribution in [-0.4, -0.2) is 34.0 Å². The molecule has 1 atom stereocenters. The second-order valence-corrected chi connectivity index (χ2v) is 8.86. The van der Waals surface area contributed by atoms with Gasteiger partial charge >= 0.3 is 5.91 Å². The molecule has 32 heavy (non-hydrogen) atoms. The molecule has 1 aliphatic heterocycles. The lowest BCUT2D eigenvalue weighted by atomic mass is 9.95. The lowest BCUT2D eigenvalue weighted by molar-refractivity contribution is -0.132. The number of aliphatic hydroxyl groups excluding tert-OH is 1. The quantitative estimate of drug-likeness (QED) is 0.324. The highest BCUT2D eigenvalue weighted by molar-refractivity contribution is 7.16. The van der Waals surface area contributed by atoms with Gasteiger partial charge in [-0.3, -0.25) is 14.5 Å². The first kappa shape index (κ1) is 21.9. The van der Waals surface area contributed by atoms with Crippen LogP contribution in [0.1, 0.15) is 27.7 Å². The number of carbonyl (C=O) groups excluding carboxylic acids is 2. The number of amides is 1. The maximum atomic E-state index is 13.1. The monoisotopic (exact) mass is 470 g/mol. The number of ether oxygens (including phenoxy) is 1. The fourth-order valence-corrected chi connectivity index (χ4v) is 4.59. The largest absolute Gasteiger partial charge is 0.507 e. The molecule has 0 spiro atoms. The van der Waals surface area contributed by atoms with E-state index >= 15 is 0 Å². The fraction of sp³-hybridized carbons (Fsp3) is 0.174. The molecule has 0 radical (unpaired) electrons. The van der Waals surface area contributed by atoms with Crippen LogP contribution >= 0.6 is 22.9 Å². The molecule has 0 unspecified atom stereocenters. The highest BCUT2D eigenvalue weighted by Gasteiger charge is 2.48. The number of carbonyl (C=O) groups is 2. The van der Waals surface area contributed by atoms with Crippen LogP contribution in [0, 0.1) is 13.8 Å². The van der Waals surface area contributed by atoms with E-state index in [1.165, 1.54) is 35.5 Å². The Bertz CT molecular complexity index is 1250. The van der Waals surface area contributed by atoms with Crippen LogP contribution in [-0.2, 0) is 9.59 Å². The number of aliphatic hydroxyl groups is 1. The standard InChI is InChI=1S/C23H19ClN2O5S/c1-11-12(2)32-23(25-11)26-19(14-6-9-16(27)17(10-14)31-3)18(21(29)22(26)30)20(28)13-4-7-15(24)8-5-13/h4-10,19,27-28H,1-3H3/t19-/m0/s1. The van der Waals surface area contributed by atoms with E-state index in [0.29, 0.717) is 21.3 Å². The van der Waals surface area contributed by atoms with Gasteiger partial charge in [0.2, 0.25) is 0 Å². The minimum absolute atomic E-state index is 0.0874. The molecule has 9 heteroatoms. The van der Waals surface area contributed by atoms with Crippen LogP contribution in [0.5, 0.6) is 11.5 Å². The number of hydrogen-bond donors (Lipinski definition) is 2. The van der Waals surface area contributed by atoms with E-state index in [-0.39, 0.29) is 22.8 Å². The lowest BCUT2D eigenvalue weighted by Gasteiger charge is -2.23. The number of aryl methyl sites for hydroxylation is 2. The average Bonchev–Trinajstić information content (AvgIpc) is 3.24. The molecule has 1 fully saturated rings. The topological polar surface area (TPSA) is 100.0 Å². The second kappa shape index (κ2) is 8.29. The first-order valence-corrected chi connectivity index (χ1v) is 10.8. The Labute approximate surface area is 193 Å². The van der Waals surface area contributed by atoms with Crippen molar-refractivity contribution in [3.63, 3.8) is 0 Å². The number of Topliss-reactive ketones (excluding diaryl/α,β-unsaturated/α-hetero) is 1. The minimum atomic E-state index is -0.967. The van der Waals surface area contributed by atoms with E-state index in [4.69, 9.17) is 16.3 Å². The van der Waals surface area contributed by atoms with Crippen molar-refractivity contribution in [2.45, 2.75) is 19.9 Å².